The normalized spacial score (nSPS) is 32.6. The van der Waals surface area contributed by atoms with Crippen LogP contribution in [0.2, 0.25) is 6.82 Å². The summed E-state index contributed by atoms with van der Waals surface area (Å²) in [5.74, 6) is 0. The third-order valence-electron chi connectivity index (χ3n) is 5.12. The Morgan fingerprint density at radius 3 is 2.71 bits per heavy atom. The molecule has 2 aliphatic rings. The first-order chi connectivity index (χ1) is 10.1. The summed E-state index contributed by atoms with van der Waals surface area (Å²) in [6.45, 7) is 2.53. The van der Waals surface area contributed by atoms with E-state index in [0.29, 0.717) is 6.04 Å². The summed E-state index contributed by atoms with van der Waals surface area (Å²) < 4.78 is 14.9. The molecule has 1 aromatic rings. The zero-order valence-corrected chi connectivity index (χ0v) is 12.8. The summed E-state index contributed by atoms with van der Waals surface area (Å²) in [4.78, 5) is 4.13. The average Bonchev–Trinajstić information content (AvgIpc) is 2.81. The zero-order valence-electron chi connectivity index (χ0n) is 12.8. The number of fused-ring (bicyclic) bond motifs is 2. The van der Waals surface area contributed by atoms with Crippen molar-refractivity contribution in [2.24, 2.45) is 0 Å². The van der Waals surface area contributed by atoms with Crippen molar-refractivity contribution in [3.63, 3.8) is 0 Å². The van der Waals surface area contributed by atoms with Crippen LogP contribution >= 0.6 is 0 Å². The molecular weight excluding hydrogens is 266 g/mol. The maximum Gasteiger partial charge on any atom is 0.376 e. The summed E-state index contributed by atoms with van der Waals surface area (Å²) in [7, 11) is 1.47. The summed E-state index contributed by atoms with van der Waals surface area (Å²) in [5.41, 5.74) is 1.22. The van der Waals surface area contributed by atoms with Crippen LogP contribution in [-0.4, -0.2) is 53.1 Å². The molecule has 2 aliphatic heterocycles. The largest absolute Gasteiger partial charge is 0.437 e. The predicted molar refractivity (Wildman–Crippen MR) is 83.7 cm³/mol. The summed E-state index contributed by atoms with van der Waals surface area (Å²) in [6, 6.07) is 10.4. The van der Waals surface area contributed by atoms with E-state index in [-0.39, 0.29) is 12.1 Å². The van der Waals surface area contributed by atoms with E-state index < -0.39 is 13.2 Å². The van der Waals surface area contributed by atoms with Crippen LogP contribution in [0, 0.1) is 0 Å². The predicted octanol–water partition coefficient (Wildman–Crippen LogP) is 2.17. The molecule has 2 saturated heterocycles. The SMILES string of the molecule is CB(O)N1C2CCC1[C@H](F)[C@H](N(C)Cc1ccccc1)C2. The lowest BCUT2D eigenvalue weighted by molar-refractivity contribution is 0.0254. The van der Waals surface area contributed by atoms with E-state index in [1.54, 1.807) is 6.82 Å². The number of alkyl halides is 1. The Morgan fingerprint density at radius 1 is 1.33 bits per heavy atom. The highest BCUT2D eigenvalue weighted by molar-refractivity contribution is 6.45. The molecule has 2 heterocycles. The third kappa shape index (κ3) is 2.87. The van der Waals surface area contributed by atoms with Gasteiger partial charge in [-0.1, -0.05) is 30.3 Å². The van der Waals surface area contributed by atoms with Crippen molar-refractivity contribution < 1.29 is 9.41 Å². The molecule has 114 valence electrons. The second-order valence-corrected chi connectivity index (χ2v) is 6.53. The quantitative estimate of drug-likeness (QED) is 0.861. The van der Waals surface area contributed by atoms with Crippen LogP contribution in [0.15, 0.2) is 30.3 Å². The second-order valence-electron chi connectivity index (χ2n) is 6.53. The standard InChI is InChI=1S/C16H24BFN2O/c1-17(21)20-13-8-9-14(20)16(18)15(10-13)19(2)11-12-6-4-3-5-7-12/h3-7,13-16,21H,8-11H2,1-2H3/t13?,14?,15-,16+/m1/s1. The number of piperidine rings is 1. The molecule has 1 aromatic carbocycles. The first kappa shape index (κ1) is 15.0. The van der Waals surface area contributed by atoms with Gasteiger partial charge >= 0.3 is 7.05 Å². The van der Waals surface area contributed by atoms with E-state index in [9.17, 15) is 9.41 Å². The maximum absolute atomic E-state index is 14.9. The lowest BCUT2D eigenvalue weighted by Gasteiger charge is -2.45. The Balaban J connectivity index is 1.70. The molecule has 2 unspecified atom stereocenters. The van der Waals surface area contributed by atoms with Gasteiger partial charge in [-0.15, -0.1) is 0 Å². The number of halogens is 1. The highest BCUT2D eigenvalue weighted by atomic mass is 19.1. The van der Waals surface area contributed by atoms with Gasteiger partial charge in [-0.3, -0.25) is 4.90 Å². The van der Waals surface area contributed by atoms with Gasteiger partial charge < -0.3 is 9.83 Å². The lowest BCUT2D eigenvalue weighted by Crippen LogP contribution is -2.60. The van der Waals surface area contributed by atoms with E-state index in [2.05, 4.69) is 17.0 Å². The minimum atomic E-state index is -0.882. The molecule has 2 fully saturated rings. The minimum Gasteiger partial charge on any atom is -0.437 e. The van der Waals surface area contributed by atoms with Crippen molar-refractivity contribution in [2.45, 2.75) is 56.9 Å². The van der Waals surface area contributed by atoms with Crippen molar-refractivity contribution in [1.82, 2.24) is 9.71 Å². The first-order valence-corrected chi connectivity index (χ1v) is 7.91. The molecule has 4 atom stereocenters. The average molecular weight is 290 g/mol. The van der Waals surface area contributed by atoms with Gasteiger partial charge in [0.15, 0.2) is 0 Å². The molecule has 0 spiro atoms. The van der Waals surface area contributed by atoms with E-state index in [0.717, 1.165) is 25.8 Å². The molecule has 0 radical (unpaired) electrons. The van der Waals surface area contributed by atoms with Gasteiger partial charge in [0.1, 0.15) is 6.17 Å². The van der Waals surface area contributed by atoms with Gasteiger partial charge in [-0.2, -0.15) is 0 Å². The molecule has 0 aliphatic carbocycles. The van der Waals surface area contributed by atoms with Crippen molar-refractivity contribution in [2.75, 3.05) is 7.05 Å². The number of benzene rings is 1. The highest BCUT2D eigenvalue weighted by Crippen LogP contribution is 2.39. The van der Waals surface area contributed by atoms with Crippen molar-refractivity contribution >= 4 is 7.05 Å². The first-order valence-electron chi connectivity index (χ1n) is 7.91. The molecule has 1 N–H and O–H groups in total. The molecule has 3 nitrogen and oxygen atoms in total. The Morgan fingerprint density at radius 2 is 2.05 bits per heavy atom. The molecule has 3 rings (SSSR count). The van der Waals surface area contributed by atoms with E-state index in [1.165, 1.54) is 5.56 Å². The summed E-state index contributed by atoms with van der Waals surface area (Å²) in [5, 5.41) is 9.88. The lowest BCUT2D eigenvalue weighted by atomic mass is 9.78. The smallest absolute Gasteiger partial charge is 0.376 e. The molecule has 0 aromatic heterocycles. The van der Waals surface area contributed by atoms with Crippen LogP contribution in [0.25, 0.3) is 0 Å². The molecule has 2 bridgehead atoms. The number of rotatable bonds is 4. The summed E-state index contributed by atoms with van der Waals surface area (Å²) in [6.07, 6.45) is 1.80. The van der Waals surface area contributed by atoms with Crippen LogP contribution in [0.1, 0.15) is 24.8 Å². The number of hydrogen-bond donors (Lipinski definition) is 1. The molecular formula is C16H24BFN2O. The summed E-state index contributed by atoms with van der Waals surface area (Å²) >= 11 is 0. The fourth-order valence-electron chi connectivity index (χ4n) is 4.15. The van der Waals surface area contributed by atoms with E-state index in [4.69, 9.17) is 0 Å². The second kappa shape index (κ2) is 6.07. The monoisotopic (exact) mass is 290 g/mol. The highest BCUT2D eigenvalue weighted by Gasteiger charge is 2.50. The molecule has 0 saturated carbocycles. The van der Waals surface area contributed by atoms with Gasteiger partial charge in [0.2, 0.25) is 0 Å². The van der Waals surface area contributed by atoms with Crippen molar-refractivity contribution in [3.8, 4) is 0 Å². The van der Waals surface area contributed by atoms with Crippen LogP contribution in [-0.2, 0) is 6.54 Å². The van der Waals surface area contributed by atoms with Gasteiger partial charge in [-0.05, 0) is 38.7 Å². The molecule has 21 heavy (non-hydrogen) atoms. The molecule has 0 amide bonds. The Kier molecular flexibility index (Phi) is 4.34. The van der Waals surface area contributed by atoms with Crippen LogP contribution < -0.4 is 0 Å². The van der Waals surface area contributed by atoms with Gasteiger partial charge in [0.05, 0.1) is 0 Å². The Labute approximate surface area is 126 Å². The fourth-order valence-corrected chi connectivity index (χ4v) is 4.15. The van der Waals surface area contributed by atoms with Gasteiger partial charge in [0.25, 0.3) is 0 Å². The van der Waals surface area contributed by atoms with Crippen molar-refractivity contribution in [3.05, 3.63) is 35.9 Å². The van der Waals surface area contributed by atoms with E-state index >= 15 is 0 Å². The van der Waals surface area contributed by atoms with Gasteiger partial charge in [0, 0.05) is 24.7 Å². The van der Waals surface area contributed by atoms with Crippen molar-refractivity contribution in [1.29, 1.82) is 0 Å². The number of hydrogen-bond acceptors (Lipinski definition) is 3. The van der Waals surface area contributed by atoms with Crippen LogP contribution in [0.5, 0.6) is 0 Å². The Bertz CT molecular complexity index is 473. The topological polar surface area (TPSA) is 26.7 Å². The Hall–Kier alpha value is -0.905. The number of nitrogens with zero attached hydrogens (tertiary/aromatic N) is 2. The fraction of sp³-hybridized carbons (Fsp3) is 0.625. The minimum absolute atomic E-state index is 0.0438. The van der Waals surface area contributed by atoms with E-state index in [1.807, 2.05) is 30.1 Å². The third-order valence-corrected chi connectivity index (χ3v) is 5.12. The zero-order chi connectivity index (χ0) is 15.0. The molecule has 5 heteroatoms. The maximum atomic E-state index is 14.9. The van der Waals surface area contributed by atoms with Crippen LogP contribution in [0.4, 0.5) is 4.39 Å². The van der Waals surface area contributed by atoms with Crippen LogP contribution in [0.3, 0.4) is 0 Å². The van der Waals surface area contributed by atoms with Gasteiger partial charge in [-0.25, -0.2) is 4.39 Å².